The van der Waals surface area contributed by atoms with E-state index < -0.39 is 4.95 Å². The zero-order valence-electron chi connectivity index (χ0n) is 10.2. The Morgan fingerprint density at radius 1 is 1.26 bits per heavy atom. The lowest BCUT2D eigenvalue weighted by molar-refractivity contribution is -0.501. The molecule has 2 rings (SSSR count). The van der Waals surface area contributed by atoms with E-state index in [2.05, 4.69) is 20.8 Å². The van der Waals surface area contributed by atoms with Crippen molar-refractivity contribution in [2.45, 2.75) is 11.0 Å². The number of nitro groups is 1. The lowest BCUT2D eigenvalue weighted by Gasteiger charge is -2.34. The Balaban J connectivity index is 0.00000180. The minimum Gasteiger partial charge on any atom is -1.00 e. The number of morpholine rings is 1. The molecule has 0 N–H and O–H groups in total. The maximum atomic E-state index is 11.1. The van der Waals surface area contributed by atoms with Crippen LogP contribution in [0.3, 0.4) is 0 Å². The van der Waals surface area contributed by atoms with Crippen molar-refractivity contribution in [2.24, 2.45) is 0 Å². The molecule has 0 saturated carbocycles. The SMILES string of the molecule is O=[N+]([O-])C(Br)C(c1ccccc1)N1CCOCC1.[Cl-]. The summed E-state index contributed by atoms with van der Waals surface area (Å²) in [6, 6.07) is 9.32. The Hall–Kier alpha value is -0.690. The van der Waals surface area contributed by atoms with Crippen LogP contribution in [0.2, 0.25) is 0 Å². The van der Waals surface area contributed by atoms with E-state index in [1.165, 1.54) is 0 Å². The highest BCUT2D eigenvalue weighted by Crippen LogP contribution is 2.29. The molecule has 1 fully saturated rings. The number of halogens is 2. The molecule has 0 aliphatic carbocycles. The molecule has 0 bridgehead atoms. The van der Waals surface area contributed by atoms with Crippen LogP contribution in [0.1, 0.15) is 11.6 Å². The standard InChI is InChI=1S/C12H15BrN2O3.ClH/c13-12(15(16)17)11(10-4-2-1-3-5-10)14-6-8-18-9-7-14;/h1-5,11-12H,6-9H2;1H/p-1. The van der Waals surface area contributed by atoms with Crippen molar-refractivity contribution in [1.82, 2.24) is 4.90 Å². The molecule has 19 heavy (non-hydrogen) atoms. The van der Waals surface area contributed by atoms with Gasteiger partial charge in [0.1, 0.15) is 6.04 Å². The molecule has 0 spiro atoms. The largest absolute Gasteiger partial charge is 1.00 e. The number of alkyl halides is 1. The van der Waals surface area contributed by atoms with Gasteiger partial charge in [-0.05, 0) is 21.5 Å². The van der Waals surface area contributed by atoms with Gasteiger partial charge >= 0.3 is 0 Å². The summed E-state index contributed by atoms with van der Waals surface area (Å²) in [5.74, 6) is 0. The lowest BCUT2D eigenvalue weighted by Crippen LogP contribution is -3.00. The first-order valence-corrected chi connectivity index (χ1v) is 6.76. The summed E-state index contributed by atoms with van der Waals surface area (Å²) in [6.45, 7) is 2.69. The number of nitrogens with zero attached hydrogens (tertiary/aromatic N) is 2. The normalized spacial score (nSPS) is 19.2. The molecule has 1 saturated heterocycles. The molecule has 0 radical (unpaired) electrons. The lowest BCUT2D eigenvalue weighted by atomic mass is 10.0. The van der Waals surface area contributed by atoms with Gasteiger partial charge < -0.3 is 17.1 Å². The minimum absolute atomic E-state index is 0. The van der Waals surface area contributed by atoms with Gasteiger partial charge in [-0.25, -0.2) is 0 Å². The molecule has 5 nitrogen and oxygen atoms in total. The second-order valence-electron chi connectivity index (χ2n) is 4.16. The smallest absolute Gasteiger partial charge is 0.285 e. The van der Waals surface area contributed by atoms with Crippen molar-refractivity contribution in [3.05, 3.63) is 46.0 Å². The van der Waals surface area contributed by atoms with Crippen LogP contribution >= 0.6 is 15.9 Å². The average Bonchev–Trinajstić information content (AvgIpc) is 2.41. The number of rotatable bonds is 4. The fourth-order valence-electron chi connectivity index (χ4n) is 2.16. The summed E-state index contributed by atoms with van der Waals surface area (Å²) in [4.78, 5) is 12.1. The predicted octanol–water partition coefficient (Wildman–Crippen LogP) is -0.938. The molecular weight excluding hydrogens is 336 g/mol. The zero-order chi connectivity index (χ0) is 13.0. The van der Waals surface area contributed by atoms with Gasteiger partial charge in [-0.2, -0.15) is 0 Å². The van der Waals surface area contributed by atoms with Gasteiger partial charge in [-0.15, -0.1) is 0 Å². The Bertz CT molecular complexity index is 401. The summed E-state index contributed by atoms with van der Waals surface area (Å²) >= 11 is 3.20. The van der Waals surface area contributed by atoms with Crippen LogP contribution in [0.25, 0.3) is 0 Å². The van der Waals surface area contributed by atoms with Gasteiger partial charge in [0.2, 0.25) is 0 Å². The maximum Gasteiger partial charge on any atom is 0.285 e. The summed E-state index contributed by atoms with van der Waals surface area (Å²) < 4.78 is 5.30. The van der Waals surface area contributed by atoms with Crippen molar-refractivity contribution < 1.29 is 22.1 Å². The average molecular weight is 351 g/mol. The van der Waals surface area contributed by atoms with Crippen LogP contribution in [0.5, 0.6) is 0 Å². The molecule has 0 aromatic heterocycles. The van der Waals surface area contributed by atoms with E-state index in [1.54, 1.807) is 0 Å². The van der Waals surface area contributed by atoms with Crippen LogP contribution in [0.15, 0.2) is 30.3 Å². The fourth-order valence-corrected chi connectivity index (χ4v) is 2.80. The topological polar surface area (TPSA) is 55.6 Å². The minimum atomic E-state index is -0.807. The van der Waals surface area contributed by atoms with Crippen molar-refractivity contribution in [2.75, 3.05) is 26.3 Å². The van der Waals surface area contributed by atoms with Crippen molar-refractivity contribution in [1.29, 1.82) is 0 Å². The van der Waals surface area contributed by atoms with E-state index in [-0.39, 0.29) is 23.4 Å². The molecule has 1 aliphatic rings. The van der Waals surface area contributed by atoms with Crippen LogP contribution in [0, 0.1) is 10.1 Å². The Labute approximate surface area is 126 Å². The van der Waals surface area contributed by atoms with Crippen LogP contribution in [0.4, 0.5) is 0 Å². The van der Waals surface area contributed by atoms with Crippen LogP contribution < -0.4 is 12.4 Å². The van der Waals surface area contributed by atoms with E-state index in [4.69, 9.17) is 4.74 Å². The van der Waals surface area contributed by atoms with E-state index in [9.17, 15) is 10.1 Å². The zero-order valence-corrected chi connectivity index (χ0v) is 12.6. The molecular formula is C12H15BrClN2O3-. The number of benzene rings is 1. The van der Waals surface area contributed by atoms with E-state index in [1.807, 2.05) is 30.3 Å². The molecule has 1 aromatic carbocycles. The summed E-state index contributed by atoms with van der Waals surface area (Å²) in [5.41, 5.74) is 0.956. The van der Waals surface area contributed by atoms with E-state index in [0.29, 0.717) is 13.2 Å². The monoisotopic (exact) mass is 349 g/mol. The highest BCUT2D eigenvalue weighted by atomic mass is 79.9. The summed E-state index contributed by atoms with van der Waals surface area (Å²) in [5, 5.41) is 11.1. The molecule has 2 unspecified atom stereocenters. The Kier molecular flexibility index (Phi) is 6.71. The quantitative estimate of drug-likeness (QED) is 0.304. The van der Waals surface area contributed by atoms with Gasteiger partial charge in [0.25, 0.3) is 4.95 Å². The number of ether oxygens (including phenoxy) is 1. The van der Waals surface area contributed by atoms with Gasteiger partial charge in [-0.1, -0.05) is 30.3 Å². The van der Waals surface area contributed by atoms with Crippen molar-refractivity contribution in [3.8, 4) is 0 Å². The Morgan fingerprint density at radius 2 is 1.84 bits per heavy atom. The molecule has 1 heterocycles. The number of hydrogen-bond acceptors (Lipinski definition) is 4. The molecule has 7 heteroatoms. The van der Waals surface area contributed by atoms with Gasteiger partial charge in [0, 0.05) is 18.0 Å². The maximum absolute atomic E-state index is 11.1. The van der Waals surface area contributed by atoms with Crippen molar-refractivity contribution >= 4 is 15.9 Å². The summed E-state index contributed by atoms with van der Waals surface area (Å²) in [6.07, 6.45) is 0. The van der Waals surface area contributed by atoms with Crippen molar-refractivity contribution in [3.63, 3.8) is 0 Å². The first kappa shape index (κ1) is 16.4. The first-order chi connectivity index (χ1) is 8.70. The Morgan fingerprint density at radius 3 is 2.37 bits per heavy atom. The third-order valence-corrected chi connectivity index (χ3v) is 3.88. The molecule has 106 valence electrons. The molecule has 1 aromatic rings. The van der Waals surface area contributed by atoms with Gasteiger partial charge in [0.05, 0.1) is 13.2 Å². The number of hydrogen-bond donors (Lipinski definition) is 0. The van der Waals surface area contributed by atoms with E-state index >= 15 is 0 Å². The summed E-state index contributed by atoms with van der Waals surface area (Å²) in [7, 11) is 0. The first-order valence-electron chi connectivity index (χ1n) is 5.84. The van der Waals surface area contributed by atoms with Crippen LogP contribution in [-0.2, 0) is 4.74 Å². The molecule has 2 atom stereocenters. The van der Waals surface area contributed by atoms with Gasteiger partial charge in [0.15, 0.2) is 0 Å². The molecule has 1 aliphatic heterocycles. The third-order valence-electron chi connectivity index (χ3n) is 3.04. The third kappa shape index (κ3) is 4.14. The van der Waals surface area contributed by atoms with Crippen LogP contribution in [-0.4, -0.2) is 41.1 Å². The predicted molar refractivity (Wildman–Crippen MR) is 71.3 cm³/mol. The van der Waals surface area contributed by atoms with E-state index in [0.717, 1.165) is 18.7 Å². The molecule has 0 amide bonds. The van der Waals surface area contributed by atoms with Gasteiger partial charge in [-0.3, -0.25) is 15.0 Å². The second-order valence-corrected chi connectivity index (χ2v) is 5.10. The fraction of sp³-hybridized carbons (Fsp3) is 0.500. The second kappa shape index (κ2) is 7.79. The highest BCUT2D eigenvalue weighted by molar-refractivity contribution is 9.09. The highest BCUT2D eigenvalue weighted by Gasteiger charge is 2.35.